The van der Waals surface area contributed by atoms with E-state index < -0.39 is 5.82 Å². The van der Waals surface area contributed by atoms with Gasteiger partial charge in [-0.05, 0) is 30.7 Å². The molecule has 0 amide bonds. The third kappa shape index (κ3) is 2.13. The lowest BCUT2D eigenvalue weighted by Crippen LogP contribution is -1.84. The van der Waals surface area contributed by atoms with Crippen molar-refractivity contribution >= 4 is 0 Å². The summed E-state index contributed by atoms with van der Waals surface area (Å²) in [7, 11) is 0. The first-order chi connectivity index (χ1) is 7.15. The smallest absolute Gasteiger partial charge is 0.127 e. The van der Waals surface area contributed by atoms with Crippen molar-refractivity contribution in [1.29, 1.82) is 0 Å². The number of rotatable bonds is 1. The minimum Gasteiger partial charge on any atom is -0.508 e. The van der Waals surface area contributed by atoms with Crippen LogP contribution in [0.1, 0.15) is 5.69 Å². The second-order valence-electron chi connectivity index (χ2n) is 3.39. The monoisotopic (exact) mass is 203 g/mol. The number of pyridine rings is 1. The quantitative estimate of drug-likeness (QED) is 0.773. The first-order valence-electron chi connectivity index (χ1n) is 4.58. The molecule has 2 rings (SSSR count). The number of halogens is 1. The number of aryl methyl sites for hydroxylation is 1. The maximum Gasteiger partial charge on any atom is 0.127 e. The third-order valence-corrected chi connectivity index (χ3v) is 2.13. The molecule has 15 heavy (non-hydrogen) atoms. The second-order valence-corrected chi connectivity index (χ2v) is 3.39. The molecule has 0 fully saturated rings. The number of benzene rings is 1. The Labute approximate surface area is 87.0 Å². The van der Waals surface area contributed by atoms with E-state index in [1.54, 1.807) is 6.20 Å². The van der Waals surface area contributed by atoms with Gasteiger partial charge in [0.2, 0.25) is 0 Å². The van der Waals surface area contributed by atoms with Crippen molar-refractivity contribution in [3.05, 3.63) is 48.0 Å². The van der Waals surface area contributed by atoms with Gasteiger partial charge in [0.05, 0.1) is 0 Å². The predicted molar refractivity (Wildman–Crippen MR) is 56.0 cm³/mol. The lowest BCUT2D eigenvalue weighted by molar-refractivity contribution is 0.469. The highest BCUT2D eigenvalue weighted by molar-refractivity contribution is 5.64. The standard InChI is InChI=1S/C12H10FNO/c1-8-2-3-9(7-14-8)10-4-11(13)6-12(15)5-10/h2-7,15H,1H3. The van der Waals surface area contributed by atoms with Crippen LogP contribution in [0, 0.1) is 12.7 Å². The van der Waals surface area contributed by atoms with E-state index in [1.807, 2.05) is 19.1 Å². The molecule has 0 atom stereocenters. The minimum atomic E-state index is -0.453. The van der Waals surface area contributed by atoms with Gasteiger partial charge in [-0.1, -0.05) is 6.07 Å². The van der Waals surface area contributed by atoms with Crippen LogP contribution >= 0.6 is 0 Å². The molecule has 0 unspecified atom stereocenters. The maximum atomic E-state index is 13.0. The van der Waals surface area contributed by atoms with Crippen molar-refractivity contribution in [2.45, 2.75) is 6.92 Å². The molecule has 0 aliphatic heterocycles. The molecule has 0 spiro atoms. The Bertz CT molecular complexity index is 459. The summed E-state index contributed by atoms with van der Waals surface area (Å²) in [5.74, 6) is -0.531. The average molecular weight is 203 g/mol. The third-order valence-electron chi connectivity index (χ3n) is 2.13. The number of aromatic nitrogens is 1. The number of hydrogen-bond donors (Lipinski definition) is 1. The Morgan fingerprint density at radius 1 is 1.13 bits per heavy atom. The molecule has 0 saturated carbocycles. The van der Waals surface area contributed by atoms with Crippen LogP contribution in [0.25, 0.3) is 11.1 Å². The molecule has 76 valence electrons. The number of hydrogen-bond acceptors (Lipinski definition) is 2. The molecular weight excluding hydrogens is 193 g/mol. The normalized spacial score (nSPS) is 10.3. The summed E-state index contributed by atoms with van der Waals surface area (Å²) in [6, 6.07) is 7.64. The molecule has 3 heteroatoms. The van der Waals surface area contributed by atoms with E-state index in [9.17, 15) is 9.50 Å². The summed E-state index contributed by atoms with van der Waals surface area (Å²) in [5, 5.41) is 9.25. The fourth-order valence-corrected chi connectivity index (χ4v) is 1.38. The van der Waals surface area contributed by atoms with Crippen LogP contribution < -0.4 is 0 Å². The fourth-order valence-electron chi connectivity index (χ4n) is 1.38. The van der Waals surface area contributed by atoms with E-state index in [0.717, 1.165) is 17.3 Å². The van der Waals surface area contributed by atoms with Gasteiger partial charge < -0.3 is 5.11 Å². The molecule has 1 heterocycles. The average Bonchev–Trinajstić information content (AvgIpc) is 2.17. The zero-order valence-corrected chi connectivity index (χ0v) is 8.24. The zero-order valence-electron chi connectivity index (χ0n) is 8.24. The SMILES string of the molecule is Cc1ccc(-c2cc(O)cc(F)c2)cn1. The van der Waals surface area contributed by atoms with Crippen LogP contribution in [0.3, 0.4) is 0 Å². The molecule has 0 aliphatic carbocycles. The van der Waals surface area contributed by atoms with Crippen molar-refractivity contribution in [1.82, 2.24) is 4.98 Å². The van der Waals surface area contributed by atoms with Crippen molar-refractivity contribution in [2.75, 3.05) is 0 Å². The van der Waals surface area contributed by atoms with Crippen molar-refractivity contribution in [3.8, 4) is 16.9 Å². The van der Waals surface area contributed by atoms with Crippen LogP contribution in [-0.4, -0.2) is 10.1 Å². The van der Waals surface area contributed by atoms with Gasteiger partial charge in [-0.3, -0.25) is 4.98 Å². The highest BCUT2D eigenvalue weighted by Gasteiger charge is 2.02. The van der Waals surface area contributed by atoms with E-state index >= 15 is 0 Å². The van der Waals surface area contributed by atoms with Crippen LogP contribution in [0.15, 0.2) is 36.5 Å². The molecule has 2 nitrogen and oxygen atoms in total. The molecule has 1 aromatic carbocycles. The summed E-state index contributed by atoms with van der Waals surface area (Å²) in [6.45, 7) is 1.88. The molecule has 0 radical (unpaired) electrons. The summed E-state index contributed by atoms with van der Waals surface area (Å²) in [6.07, 6.45) is 1.66. The molecule has 2 aromatic rings. The van der Waals surface area contributed by atoms with Gasteiger partial charge >= 0.3 is 0 Å². The minimum absolute atomic E-state index is 0.0782. The first kappa shape index (κ1) is 9.65. The van der Waals surface area contributed by atoms with Crippen LogP contribution in [0.4, 0.5) is 4.39 Å². The predicted octanol–water partition coefficient (Wildman–Crippen LogP) is 2.90. The molecule has 1 N–H and O–H groups in total. The van der Waals surface area contributed by atoms with Crippen LogP contribution in [0.2, 0.25) is 0 Å². The number of phenols is 1. The van der Waals surface area contributed by atoms with Crippen LogP contribution in [0.5, 0.6) is 5.75 Å². The number of nitrogens with zero attached hydrogens (tertiary/aromatic N) is 1. The van der Waals surface area contributed by atoms with E-state index in [4.69, 9.17) is 0 Å². The van der Waals surface area contributed by atoms with Gasteiger partial charge in [-0.25, -0.2) is 4.39 Å². The van der Waals surface area contributed by atoms with E-state index in [1.165, 1.54) is 12.1 Å². The Morgan fingerprint density at radius 2 is 1.93 bits per heavy atom. The maximum absolute atomic E-state index is 13.0. The van der Waals surface area contributed by atoms with E-state index in [0.29, 0.717) is 5.56 Å². The largest absolute Gasteiger partial charge is 0.508 e. The summed E-state index contributed by atoms with van der Waals surface area (Å²) in [5.41, 5.74) is 2.31. The van der Waals surface area contributed by atoms with Gasteiger partial charge in [-0.15, -0.1) is 0 Å². The van der Waals surface area contributed by atoms with Crippen molar-refractivity contribution < 1.29 is 9.50 Å². The highest BCUT2D eigenvalue weighted by atomic mass is 19.1. The Morgan fingerprint density at radius 3 is 2.53 bits per heavy atom. The summed E-state index contributed by atoms with van der Waals surface area (Å²) >= 11 is 0. The second kappa shape index (κ2) is 3.69. The number of aromatic hydroxyl groups is 1. The molecule has 0 bridgehead atoms. The molecule has 1 aromatic heterocycles. The van der Waals surface area contributed by atoms with Crippen molar-refractivity contribution in [3.63, 3.8) is 0 Å². The Kier molecular flexibility index (Phi) is 2.37. The van der Waals surface area contributed by atoms with Gasteiger partial charge in [0.1, 0.15) is 11.6 Å². The van der Waals surface area contributed by atoms with Crippen molar-refractivity contribution in [2.24, 2.45) is 0 Å². The summed E-state index contributed by atoms with van der Waals surface area (Å²) < 4.78 is 13.0. The lowest BCUT2D eigenvalue weighted by atomic mass is 10.1. The zero-order chi connectivity index (χ0) is 10.8. The lowest BCUT2D eigenvalue weighted by Gasteiger charge is -2.02. The van der Waals surface area contributed by atoms with Gasteiger partial charge in [0.15, 0.2) is 0 Å². The van der Waals surface area contributed by atoms with E-state index in [-0.39, 0.29) is 5.75 Å². The Hall–Kier alpha value is -1.90. The van der Waals surface area contributed by atoms with Gasteiger partial charge in [0.25, 0.3) is 0 Å². The highest BCUT2D eigenvalue weighted by Crippen LogP contribution is 2.24. The molecule has 0 saturated heterocycles. The van der Waals surface area contributed by atoms with Gasteiger partial charge in [-0.2, -0.15) is 0 Å². The van der Waals surface area contributed by atoms with E-state index in [2.05, 4.69) is 4.98 Å². The van der Waals surface area contributed by atoms with Gasteiger partial charge in [0, 0.05) is 23.5 Å². The topological polar surface area (TPSA) is 33.1 Å². The van der Waals surface area contributed by atoms with Crippen LogP contribution in [-0.2, 0) is 0 Å². The molecule has 0 aliphatic rings. The molecular formula is C12H10FNO. The summed E-state index contributed by atoms with van der Waals surface area (Å²) in [4.78, 5) is 4.11. The Balaban J connectivity index is 2.49. The number of phenolic OH excluding ortho intramolecular Hbond substituents is 1. The first-order valence-corrected chi connectivity index (χ1v) is 4.58. The fraction of sp³-hybridized carbons (Fsp3) is 0.0833.